The van der Waals surface area contributed by atoms with E-state index in [0.29, 0.717) is 12.1 Å². The third kappa shape index (κ3) is 4.24. The van der Waals surface area contributed by atoms with Gasteiger partial charge < -0.3 is 5.32 Å². The first-order chi connectivity index (χ1) is 8.91. The lowest BCUT2D eigenvalue weighted by atomic mass is 10.1. The molecule has 0 radical (unpaired) electrons. The molecule has 0 heterocycles. The summed E-state index contributed by atoms with van der Waals surface area (Å²) in [7, 11) is 0. The van der Waals surface area contributed by atoms with Crippen molar-refractivity contribution in [3.05, 3.63) is 29.3 Å². The van der Waals surface area contributed by atoms with Gasteiger partial charge >= 0.3 is 12.4 Å². The van der Waals surface area contributed by atoms with Crippen LogP contribution in [0.3, 0.4) is 0 Å². The fourth-order valence-corrected chi connectivity index (χ4v) is 1.36. The molecule has 0 saturated heterocycles. The van der Waals surface area contributed by atoms with Crippen LogP contribution in [0.1, 0.15) is 18.1 Å². The van der Waals surface area contributed by atoms with Gasteiger partial charge in [0.1, 0.15) is 0 Å². The number of anilines is 1. The summed E-state index contributed by atoms with van der Waals surface area (Å²) in [5, 5.41) is 1.92. The highest BCUT2D eigenvalue weighted by atomic mass is 19.4. The SMILES string of the molecule is CC(Nc1cc(C(F)(F)F)cc(C(F)(F)F)c1)C(F)F. The Balaban J connectivity index is 3.24. The Labute approximate surface area is 108 Å². The zero-order chi connectivity index (χ0) is 15.7. The number of halogens is 8. The van der Waals surface area contributed by atoms with E-state index in [1.807, 2.05) is 5.32 Å². The maximum atomic E-state index is 12.5. The Morgan fingerprint density at radius 2 is 1.25 bits per heavy atom. The van der Waals surface area contributed by atoms with Crippen molar-refractivity contribution >= 4 is 5.69 Å². The molecule has 1 N–H and O–H groups in total. The molecule has 114 valence electrons. The van der Waals surface area contributed by atoms with Crippen LogP contribution in [0, 0.1) is 0 Å². The minimum atomic E-state index is -5.01. The molecule has 0 saturated carbocycles. The Hall–Kier alpha value is -1.54. The lowest BCUT2D eigenvalue weighted by molar-refractivity contribution is -0.143. The van der Waals surface area contributed by atoms with Crippen molar-refractivity contribution in [3.63, 3.8) is 0 Å². The number of hydrogen-bond donors (Lipinski definition) is 1. The molecular formula is C11H9F8N. The van der Waals surface area contributed by atoms with Gasteiger partial charge in [-0.3, -0.25) is 0 Å². The molecule has 0 aliphatic carbocycles. The van der Waals surface area contributed by atoms with Crippen molar-refractivity contribution in [1.82, 2.24) is 0 Å². The molecule has 1 atom stereocenters. The summed E-state index contributed by atoms with van der Waals surface area (Å²) in [4.78, 5) is 0. The van der Waals surface area contributed by atoms with E-state index >= 15 is 0 Å². The summed E-state index contributed by atoms with van der Waals surface area (Å²) in [6.45, 7) is 0.943. The van der Waals surface area contributed by atoms with Crippen molar-refractivity contribution in [1.29, 1.82) is 0 Å². The Morgan fingerprint density at radius 3 is 1.55 bits per heavy atom. The molecule has 9 heteroatoms. The van der Waals surface area contributed by atoms with Gasteiger partial charge in [0.25, 0.3) is 6.43 Å². The number of rotatable bonds is 3. The predicted octanol–water partition coefficient (Wildman–Crippen LogP) is 4.79. The molecule has 0 bridgehead atoms. The first kappa shape index (κ1) is 16.5. The summed E-state index contributed by atoms with van der Waals surface area (Å²) in [6.07, 6.45) is -12.9. The zero-order valence-electron chi connectivity index (χ0n) is 9.91. The van der Waals surface area contributed by atoms with Crippen molar-refractivity contribution in [2.75, 3.05) is 5.32 Å². The maximum Gasteiger partial charge on any atom is 0.416 e. The van der Waals surface area contributed by atoms with E-state index in [9.17, 15) is 35.1 Å². The van der Waals surface area contributed by atoms with Crippen LogP contribution >= 0.6 is 0 Å². The monoisotopic (exact) mass is 307 g/mol. The predicted molar refractivity (Wildman–Crippen MR) is 55.5 cm³/mol. The second-order valence-corrected chi connectivity index (χ2v) is 4.06. The van der Waals surface area contributed by atoms with Gasteiger partial charge in [-0.2, -0.15) is 26.3 Å². The standard InChI is InChI=1S/C11H9F8N/c1-5(9(12)13)20-8-3-6(10(14,15)16)2-7(4-8)11(17,18)19/h2-5,9,20H,1H3. The summed E-state index contributed by atoms with van der Waals surface area (Å²) in [6, 6.07) is -0.944. The van der Waals surface area contributed by atoms with Crippen molar-refractivity contribution < 1.29 is 35.1 Å². The van der Waals surface area contributed by atoms with E-state index in [1.165, 1.54) is 0 Å². The fourth-order valence-electron chi connectivity index (χ4n) is 1.36. The van der Waals surface area contributed by atoms with Gasteiger partial charge in [-0.05, 0) is 25.1 Å². The van der Waals surface area contributed by atoms with Crippen LogP contribution in [0.25, 0.3) is 0 Å². The topological polar surface area (TPSA) is 12.0 Å². The summed E-state index contributed by atoms with van der Waals surface area (Å²) in [5.74, 6) is 0. The number of hydrogen-bond acceptors (Lipinski definition) is 1. The molecule has 0 aliphatic rings. The average Bonchev–Trinajstić information content (AvgIpc) is 2.26. The van der Waals surface area contributed by atoms with Gasteiger partial charge in [-0.1, -0.05) is 0 Å². The zero-order valence-corrected chi connectivity index (χ0v) is 9.91. The van der Waals surface area contributed by atoms with Crippen LogP contribution in [0.4, 0.5) is 40.8 Å². The van der Waals surface area contributed by atoms with E-state index in [1.54, 1.807) is 0 Å². The number of nitrogens with one attached hydrogen (secondary N) is 1. The van der Waals surface area contributed by atoms with E-state index in [4.69, 9.17) is 0 Å². The third-order valence-electron chi connectivity index (χ3n) is 2.36. The highest BCUT2D eigenvalue weighted by Gasteiger charge is 2.37. The second-order valence-electron chi connectivity index (χ2n) is 4.06. The lowest BCUT2D eigenvalue weighted by Gasteiger charge is -2.18. The minimum Gasteiger partial charge on any atom is -0.377 e. The molecule has 1 nitrogen and oxygen atoms in total. The minimum absolute atomic E-state index is 0.0712. The summed E-state index contributed by atoms with van der Waals surface area (Å²) < 4.78 is 99.5. The Morgan fingerprint density at radius 1 is 0.850 bits per heavy atom. The first-order valence-electron chi connectivity index (χ1n) is 5.25. The maximum absolute atomic E-state index is 12.5. The van der Waals surface area contributed by atoms with Gasteiger partial charge in [0.2, 0.25) is 0 Å². The first-order valence-corrected chi connectivity index (χ1v) is 5.25. The van der Waals surface area contributed by atoms with Crippen LogP contribution < -0.4 is 5.32 Å². The van der Waals surface area contributed by atoms with Gasteiger partial charge in [0, 0.05) is 5.69 Å². The Kier molecular flexibility index (Phi) is 4.50. The molecule has 0 amide bonds. The van der Waals surface area contributed by atoms with Gasteiger partial charge in [0.05, 0.1) is 17.2 Å². The van der Waals surface area contributed by atoms with E-state index in [0.717, 1.165) is 6.92 Å². The van der Waals surface area contributed by atoms with Crippen molar-refractivity contribution in [3.8, 4) is 0 Å². The second kappa shape index (κ2) is 5.45. The highest BCUT2D eigenvalue weighted by molar-refractivity contribution is 5.51. The number of alkyl halides is 8. The van der Waals surface area contributed by atoms with Crippen LogP contribution in [-0.4, -0.2) is 12.5 Å². The number of benzene rings is 1. The van der Waals surface area contributed by atoms with Crippen LogP contribution in [0.5, 0.6) is 0 Å². The average molecular weight is 307 g/mol. The van der Waals surface area contributed by atoms with Gasteiger partial charge in [-0.25, -0.2) is 8.78 Å². The summed E-state index contributed by atoms with van der Waals surface area (Å²) >= 11 is 0. The molecule has 20 heavy (non-hydrogen) atoms. The van der Waals surface area contributed by atoms with Crippen LogP contribution in [0.15, 0.2) is 18.2 Å². The third-order valence-corrected chi connectivity index (χ3v) is 2.36. The largest absolute Gasteiger partial charge is 0.416 e. The Bertz CT molecular complexity index is 430. The van der Waals surface area contributed by atoms with Crippen LogP contribution in [0.2, 0.25) is 0 Å². The normalized spacial score (nSPS) is 14.5. The summed E-state index contributed by atoms with van der Waals surface area (Å²) in [5.41, 5.74) is -3.78. The van der Waals surface area contributed by atoms with E-state index < -0.39 is 41.6 Å². The molecule has 0 spiro atoms. The molecule has 0 aromatic heterocycles. The van der Waals surface area contributed by atoms with Crippen molar-refractivity contribution in [2.45, 2.75) is 31.7 Å². The lowest BCUT2D eigenvalue weighted by Crippen LogP contribution is -2.24. The molecule has 1 aromatic carbocycles. The fraction of sp³-hybridized carbons (Fsp3) is 0.455. The van der Waals surface area contributed by atoms with Crippen LogP contribution in [-0.2, 0) is 12.4 Å². The molecule has 1 aromatic rings. The molecule has 0 fully saturated rings. The molecule has 1 rings (SSSR count). The quantitative estimate of drug-likeness (QED) is 0.792. The molecule has 0 aliphatic heterocycles. The molecule has 1 unspecified atom stereocenters. The van der Waals surface area contributed by atoms with Crippen molar-refractivity contribution in [2.24, 2.45) is 0 Å². The van der Waals surface area contributed by atoms with Gasteiger partial charge in [-0.15, -0.1) is 0 Å². The van der Waals surface area contributed by atoms with E-state index in [-0.39, 0.29) is 6.07 Å². The van der Waals surface area contributed by atoms with Gasteiger partial charge in [0.15, 0.2) is 0 Å². The van der Waals surface area contributed by atoms with E-state index in [2.05, 4.69) is 0 Å². The smallest absolute Gasteiger partial charge is 0.377 e. The highest BCUT2D eigenvalue weighted by Crippen LogP contribution is 2.37. The molecular weight excluding hydrogens is 298 g/mol.